The van der Waals surface area contributed by atoms with Crippen molar-refractivity contribution in [2.75, 3.05) is 25.7 Å². The Morgan fingerprint density at radius 1 is 1.42 bits per heavy atom. The second-order valence-electron chi connectivity index (χ2n) is 4.25. The number of benzene rings is 1. The van der Waals surface area contributed by atoms with Gasteiger partial charge in [-0.05, 0) is 34.7 Å². The summed E-state index contributed by atoms with van der Waals surface area (Å²) >= 11 is 2.16. The van der Waals surface area contributed by atoms with Gasteiger partial charge >= 0.3 is 5.97 Å². The van der Waals surface area contributed by atoms with E-state index in [0.717, 1.165) is 9.26 Å². The SMILES string of the molecule is COC(=O)C1CC(=O)N(c2cc(OC)ccc2I)C1. The molecule has 0 N–H and O–H groups in total. The zero-order valence-corrected chi connectivity index (χ0v) is 12.8. The summed E-state index contributed by atoms with van der Waals surface area (Å²) in [6.45, 7) is 0.356. The lowest BCUT2D eigenvalue weighted by Crippen LogP contribution is -2.26. The van der Waals surface area contributed by atoms with Crippen LogP contribution in [0, 0.1) is 9.49 Å². The molecule has 1 aliphatic heterocycles. The van der Waals surface area contributed by atoms with E-state index < -0.39 is 0 Å². The first-order valence-corrected chi connectivity index (χ1v) is 6.86. The molecule has 2 rings (SSSR count). The van der Waals surface area contributed by atoms with Crippen LogP contribution in [0.4, 0.5) is 5.69 Å². The molecule has 1 saturated heterocycles. The molecule has 0 bridgehead atoms. The Hall–Kier alpha value is -1.31. The zero-order valence-electron chi connectivity index (χ0n) is 10.7. The summed E-state index contributed by atoms with van der Waals surface area (Å²) in [5, 5.41) is 0. The fourth-order valence-corrected chi connectivity index (χ4v) is 2.72. The Morgan fingerprint density at radius 3 is 2.79 bits per heavy atom. The number of rotatable bonds is 3. The van der Waals surface area contributed by atoms with Crippen LogP contribution in [0.3, 0.4) is 0 Å². The number of hydrogen-bond acceptors (Lipinski definition) is 4. The summed E-state index contributed by atoms with van der Waals surface area (Å²) in [6, 6.07) is 5.52. The maximum absolute atomic E-state index is 12.0. The summed E-state index contributed by atoms with van der Waals surface area (Å²) in [7, 11) is 2.92. The van der Waals surface area contributed by atoms with Crippen LogP contribution in [-0.4, -0.2) is 32.6 Å². The summed E-state index contributed by atoms with van der Waals surface area (Å²) in [5.41, 5.74) is 0.774. The second-order valence-corrected chi connectivity index (χ2v) is 5.41. The van der Waals surface area contributed by atoms with Crippen LogP contribution in [0.1, 0.15) is 6.42 Å². The quantitative estimate of drug-likeness (QED) is 0.598. The van der Waals surface area contributed by atoms with Crippen molar-refractivity contribution in [3.63, 3.8) is 0 Å². The average molecular weight is 375 g/mol. The van der Waals surface area contributed by atoms with Crippen LogP contribution in [0.25, 0.3) is 0 Å². The largest absolute Gasteiger partial charge is 0.497 e. The van der Waals surface area contributed by atoms with Gasteiger partial charge in [-0.2, -0.15) is 0 Å². The molecule has 1 aromatic carbocycles. The molecule has 0 radical (unpaired) electrons. The Morgan fingerprint density at radius 2 is 2.16 bits per heavy atom. The van der Waals surface area contributed by atoms with Gasteiger partial charge in [0, 0.05) is 22.6 Å². The molecule has 102 valence electrons. The molecule has 0 aromatic heterocycles. The first-order valence-electron chi connectivity index (χ1n) is 5.78. The summed E-state index contributed by atoms with van der Waals surface area (Å²) < 4.78 is 10.8. The number of nitrogens with zero attached hydrogens (tertiary/aromatic N) is 1. The van der Waals surface area contributed by atoms with Crippen LogP contribution >= 0.6 is 22.6 Å². The number of hydrogen-bond donors (Lipinski definition) is 0. The van der Waals surface area contributed by atoms with Crippen LogP contribution < -0.4 is 9.64 Å². The number of methoxy groups -OCH3 is 2. The van der Waals surface area contributed by atoms with Gasteiger partial charge in [-0.15, -0.1) is 0 Å². The smallest absolute Gasteiger partial charge is 0.311 e. The van der Waals surface area contributed by atoms with Gasteiger partial charge in [0.05, 0.1) is 25.8 Å². The van der Waals surface area contributed by atoms with Crippen molar-refractivity contribution in [1.82, 2.24) is 0 Å². The number of ether oxygens (including phenoxy) is 2. The maximum Gasteiger partial charge on any atom is 0.311 e. The van der Waals surface area contributed by atoms with Gasteiger partial charge in [0.1, 0.15) is 5.75 Å². The molecule has 0 spiro atoms. The predicted octanol–water partition coefficient (Wildman–Crippen LogP) is 1.83. The van der Waals surface area contributed by atoms with E-state index in [1.807, 2.05) is 12.1 Å². The van der Waals surface area contributed by atoms with Crippen LogP contribution in [0.15, 0.2) is 18.2 Å². The number of esters is 1. The molecule has 6 heteroatoms. The van der Waals surface area contributed by atoms with E-state index in [2.05, 4.69) is 22.6 Å². The molecule has 1 aliphatic rings. The monoisotopic (exact) mass is 375 g/mol. The molecule has 5 nitrogen and oxygen atoms in total. The molecule has 1 unspecified atom stereocenters. The maximum atomic E-state index is 12.0. The first-order chi connectivity index (χ1) is 9.06. The van der Waals surface area contributed by atoms with Gasteiger partial charge in [0.2, 0.25) is 5.91 Å². The third kappa shape index (κ3) is 2.83. The van der Waals surface area contributed by atoms with Crippen LogP contribution in [0.5, 0.6) is 5.75 Å². The number of halogens is 1. The summed E-state index contributed by atoms with van der Waals surface area (Å²) in [6.07, 6.45) is 0.194. The van der Waals surface area contributed by atoms with Crippen molar-refractivity contribution < 1.29 is 19.1 Å². The topological polar surface area (TPSA) is 55.8 Å². The highest BCUT2D eigenvalue weighted by Gasteiger charge is 2.36. The van der Waals surface area contributed by atoms with Gasteiger partial charge in [-0.25, -0.2) is 0 Å². The molecule has 1 atom stereocenters. The minimum absolute atomic E-state index is 0.0680. The summed E-state index contributed by atoms with van der Waals surface area (Å²) in [5.74, 6) is -0.112. The van der Waals surface area contributed by atoms with Crippen LogP contribution in [-0.2, 0) is 14.3 Å². The molecule has 0 saturated carbocycles. The highest BCUT2D eigenvalue weighted by atomic mass is 127. The standard InChI is InChI=1S/C13H14INO4/c1-18-9-3-4-10(14)11(6-9)15-7-8(5-12(15)16)13(17)19-2/h3-4,6,8H,5,7H2,1-2H3. The zero-order chi connectivity index (χ0) is 14.0. The van der Waals surface area contributed by atoms with E-state index in [9.17, 15) is 9.59 Å². The first kappa shape index (κ1) is 14.1. The Kier molecular flexibility index (Phi) is 4.28. The Labute approximate surface area is 125 Å². The lowest BCUT2D eigenvalue weighted by atomic mass is 10.1. The van der Waals surface area contributed by atoms with E-state index in [-0.39, 0.29) is 24.2 Å². The van der Waals surface area contributed by atoms with E-state index in [0.29, 0.717) is 12.3 Å². The lowest BCUT2D eigenvalue weighted by molar-refractivity contribution is -0.145. The van der Waals surface area contributed by atoms with Gasteiger partial charge in [0.25, 0.3) is 0 Å². The van der Waals surface area contributed by atoms with Crippen molar-refractivity contribution in [2.24, 2.45) is 5.92 Å². The number of amides is 1. The van der Waals surface area contributed by atoms with Gasteiger partial charge in [-0.3, -0.25) is 9.59 Å². The third-order valence-electron chi connectivity index (χ3n) is 3.10. The summed E-state index contributed by atoms with van der Waals surface area (Å²) in [4.78, 5) is 25.2. The molecule has 1 heterocycles. The van der Waals surface area contributed by atoms with E-state index >= 15 is 0 Å². The van der Waals surface area contributed by atoms with Crippen molar-refractivity contribution in [3.8, 4) is 5.75 Å². The molecule has 1 amide bonds. The molecule has 0 aliphatic carbocycles. The van der Waals surface area contributed by atoms with Gasteiger partial charge in [0.15, 0.2) is 0 Å². The second kappa shape index (κ2) is 5.77. The number of carbonyl (C=O) groups is 2. The van der Waals surface area contributed by atoms with E-state index in [1.54, 1.807) is 18.1 Å². The van der Waals surface area contributed by atoms with Crippen molar-refractivity contribution in [3.05, 3.63) is 21.8 Å². The minimum atomic E-state index is -0.389. The number of anilines is 1. The van der Waals surface area contributed by atoms with Crippen molar-refractivity contribution in [1.29, 1.82) is 0 Å². The fourth-order valence-electron chi connectivity index (χ4n) is 2.09. The molecule has 19 heavy (non-hydrogen) atoms. The highest BCUT2D eigenvalue weighted by molar-refractivity contribution is 14.1. The van der Waals surface area contributed by atoms with Crippen molar-refractivity contribution in [2.45, 2.75) is 6.42 Å². The fraction of sp³-hybridized carbons (Fsp3) is 0.385. The molecule has 1 fully saturated rings. The minimum Gasteiger partial charge on any atom is -0.497 e. The average Bonchev–Trinajstić information content (AvgIpc) is 2.80. The normalized spacial score (nSPS) is 18.6. The Bertz CT molecular complexity index is 517. The third-order valence-corrected chi connectivity index (χ3v) is 4.02. The highest BCUT2D eigenvalue weighted by Crippen LogP contribution is 2.32. The molecule has 1 aromatic rings. The van der Waals surface area contributed by atoms with Crippen LogP contribution in [0.2, 0.25) is 0 Å². The van der Waals surface area contributed by atoms with E-state index in [1.165, 1.54) is 7.11 Å². The lowest BCUT2D eigenvalue weighted by Gasteiger charge is -2.18. The van der Waals surface area contributed by atoms with Gasteiger partial charge < -0.3 is 14.4 Å². The van der Waals surface area contributed by atoms with Crippen molar-refractivity contribution >= 4 is 40.2 Å². The Balaban J connectivity index is 2.27. The van der Waals surface area contributed by atoms with Gasteiger partial charge in [-0.1, -0.05) is 0 Å². The molecular weight excluding hydrogens is 361 g/mol. The molecular formula is C13H14INO4. The van der Waals surface area contributed by atoms with E-state index in [4.69, 9.17) is 9.47 Å². The number of carbonyl (C=O) groups excluding carboxylic acids is 2. The predicted molar refractivity (Wildman–Crippen MR) is 78.2 cm³/mol.